The van der Waals surface area contributed by atoms with Crippen molar-refractivity contribution in [3.8, 4) is 11.8 Å². The van der Waals surface area contributed by atoms with Crippen molar-refractivity contribution in [2.24, 2.45) is 29.4 Å². The molecule has 1 saturated carbocycles. The largest absolute Gasteiger partial charge is 0.449 e. The van der Waals surface area contributed by atoms with Gasteiger partial charge < -0.3 is 31.2 Å². The van der Waals surface area contributed by atoms with Crippen molar-refractivity contribution in [1.82, 2.24) is 16.0 Å². The zero-order valence-corrected chi connectivity index (χ0v) is 18.9. The molecule has 0 aliphatic heterocycles. The van der Waals surface area contributed by atoms with Gasteiger partial charge >= 0.3 is 12.1 Å². The average Bonchev–Trinajstić information content (AvgIpc) is 3.34. The molecular formula is C22H36N4O5. The van der Waals surface area contributed by atoms with Gasteiger partial charge in [-0.25, -0.2) is 9.59 Å². The lowest BCUT2D eigenvalue weighted by atomic mass is 10.0. The van der Waals surface area contributed by atoms with Gasteiger partial charge in [0.2, 0.25) is 5.91 Å². The number of carbonyl (C=O) groups is 4. The zero-order valence-electron chi connectivity index (χ0n) is 18.9. The summed E-state index contributed by atoms with van der Waals surface area (Å²) in [7, 11) is 0. The summed E-state index contributed by atoms with van der Waals surface area (Å²) < 4.78 is 5.35. The van der Waals surface area contributed by atoms with Crippen molar-refractivity contribution in [1.29, 1.82) is 0 Å². The summed E-state index contributed by atoms with van der Waals surface area (Å²) in [4.78, 5) is 46.8. The quantitative estimate of drug-likeness (QED) is 0.197. The highest BCUT2D eigenvalue weighted by atomic mass is 16.5. The first-order chi connectivity index (χ1) is 14.7. The fourth-order valence-electron chi connectivity index (χ4n) is 3.61. The molecule has 174 valence electrons. The molecule has 0 saturated heterocycles. The van der Waals surface area contributed by atoms with Crippen molar-refractivity contribution < 1.29 is 23.9 Å². The molecule has 0 heterocycles. The van der Waals surface area contributed by atoms with E-state index in [9.17, 15) is 19.2 Å². The van der Waals surface area contributed by atoms with E-state index in [0.717, 1.165) is 12.8 Å². The van der Waals surface area contributed by atoms with E-state index >= 15 is 0 Å². The van der Waals surface area contributed by atoms with Gasteiger partial charge in [0.25, 0.3) is 0 Å². The lowest BCUT2D eigenvalue weighted by Crippen LogP contribution is -2.52. The minimum atomic E-state index is -0.828. The number of urea groups is 1. The fourth-order valence-corrected chi connectivity index (χ4v) is 3.61. The Hall–Kier alpha value is -2.76. The molecule has 0 spiro atoms. The highest BCUT2D eigenvalue weighted by Gasteiger charge is 2.46. The molecule has 9 nitrogen and oxygen atoms in total. The number of nitrogens with one attached hydrogen (secondary N) is 3. The molecule has 4 amide bonds. The van der Waals surface area contributed by atoms with Crippen LogP contribution in [0.15, 0.2) is 0 Å². The predicted molar refractivity (Wildman–Crippen MR) is 117 cm³/mol. The third kappa shape index (κ3) is 9.73. The van der Waals surface area contributed by atoms with Crippen LogP contribution >= 0.6 is 0 Å². The van der Waals surface area contributed by atoms with Crippen LogP contribution in [0.25, 0.3) is 0 Å². The van der Waals surface area contributed by atoms with E-state index in [1.165, 1.54) is 0 Å². The van der Waals surface area contributed by atoms with Crippen molar-refractivity contribution in [2.75, 3.05) is 13.2 Å². The minimum Gasteiger partial charge on any atom is -0.449 e. The number of alkyl carbamates (subject to hydrolysis) is 1. The van der Waals surface area contributed by atoms with Crippen LogP contribution in [-0.4, -0.2) is 49.6 Å². The first-order valence-electron chi connectivity index (χ1n) is 10.8. The number of nitrogens with two attached hydrogens (primary N) is 1. The Morgan fingerprint density at radius 3 is 2.48 bits per heavy atom. The molecule has 5 atom stereocenters. The Kier molecular flexibility index (Phi) is 11.5. The monoisotopic (exact) mass is 436 g/mol. The third-order valence-corrected chi connectivity index (χ3v) is 5.65. The first kappa shape index (κ1) is 26.3. The lowest BCUT2D eigenvalue weighted by molar-refractivity contribution is -0.126. The van der Waals surface area contributed by atoms with Crippen LogP contribution in [0.1, 0.15) is 53.4 Å². The fraction of sp³-hybridized carbons (Fsp3) is 0.727. The normalized spacial score (nSPS) is 21.1. The Bertz CT molecular complexity index is 685. The van der Waals surface area contributed by atoms with E-state index < -0.39 is 30.1 Å². The number of amides is 4. The lowest BCUT2D eigenvalue weighted by Gasteiger charge is -2.23. The minimum absolute atomic E-state index is 0.198. The molecule has 1 rings (SSSR count). The summed E-state index contributed by atoms with van der Waals surface area (Å²) in [6.45, 7) is 8.17. The second-order valence-corrected chi connectivity index (χ2v) is 8.30. The molecule has 0 radical (unpaired) electrons. The molecule has 5 N–H and O–H groups in total. The molecule has 1 aliphatic carbocycles. The van der Waals surface area contributed by atoms with Gasteiger partial charge in [0.1, 0.15) is 12.3 Å². The Balaban J connectivity index is 2.44. The zero-order chi connectivity index (χ0) is 23.4. The maximum absolute atomic E-state index is 12.6. The Morgan fingerprint density at radius 2 is 1.90 bits per heavy atom. The number of rotatable bonds is 13. The van der Waals surface area contributed by atoms with Crippen LogP contribution in [0, 0.1) is 35.5 Å². The number of hydrogen-bond donors (Lipinski definition) is 4. The number of ether oxygens (including phenoxy) is 1. The summed E-state index contributed by atoms with van der Waals surface area (Å²) in [5.41, 5.74) is 4.98. The first-order valence-corrected chi connectivity index (χ1v) is 10.8. The molecular weight excluding hydrogens is 400 g/mol. The molecule has 0 aromatic heterocycles. The Labute approximate surface area is 184 Å². The average molecular weight is 437 g/mol. The van der Waals surface area contributed by atoms with Gasteiger partial charge in [-0.15, -0.1) is 11.8 Å². The molecule has 5 unspecified atom stereocenters. The van der Waals surface area contributed by atoms with Crippen molar-refractivity contribution in [3.63, 3.8) is 0 Å². The van der Waals surface area contributed by atoms with Gasteiger partial charge in [-0.3, -0.25) is 4.79 Å². The van der Waals surface area contributed by atoms with Crippen LogP contribution in [-0.2, 0) is 14.3 Å². The van der Waals surface area contributed by atoms with Gasteiger partial charge in [-0.1, -0.05) is 20.8 Å². The van der Waals surface area contributed by atoms with Crippen LogP contribution in [0.2, 0.25) is 0 Å². The van der Waals surface area contributed by atoms with Crippen molar-refractivity contribution in [2.45, 2.75) is 65.5 Å². The predicted octanol–water partition coefficient (Wildman–Crippen LogP) is 1.56. The summed E-state index contributed by atoms with van der Waals surface area (Å²) in [5, 5.41) is 7.66. The number of hydrogen-bond acceptors (Lipinski definition) is 5. The number of carbonyl (C=O) groups excluding carboxylic acids is 4. The van der Waals surface area contributed by atoms with Gasteiger partial charge in [0.05, 0.1) is 12.6 Å². The van der Waals surface area contributed by atoms with Crippen LogP contribution < -0.4 is 21.7 Å². The van der Waals surface area contributed by atoms with Crippen molar-refractivity contribution >= 4 is 24.3 Å². The topological polar surface area (TPSA) is 140 Å². The number of primary amides is 1. The maximum atomic E-state index is 12.6. The summed E-state index contributed by atoms with van der Waals surface area (Å²) in [6, 6.07) is -2.19. The van der Waals surface area contributed by atoms with Crippen LogP contribution in [0.5, 0.6) is 0 Å². The molecule has 9 heteroatoms. The van der Waals surface area contributed by atoms with Gasteiger partial charge in [-0.05, 0) is 49.9 Å². The van der Waals surface area contributed by atoms with Crippen LogP contribution in [0.3, 0.4) is 0 Å². The smallest absolute Gasteiger partial charge is 0.407 e. The van der Waals surface area contributed by atoms with E-state index in [4.69, 9.17) is 10.5 Å². The second kappa shape index (κ2) is 13.5. The standard InChI is InChI=1S/C22H36N4O5/c1-5-6-7-10-17-15(4)18(17)13-31-22(30)26-19(14(2)3)20(28)25-16(12-27)9-8-11-24-21(23)29/h12,14-19H,7-11,13H2,1-4H3,(H,25,28)(H,26,30)(H3,23,24,29). The summed E-state index contributed by atoms with van der Waals surface area (Å²) >= 11 is 0. The highest BCUT2D eigenvalue weighted by Crippen LogP contribution is 2.48. The molecule has 0 aromatic rings. The van der Waals surface area contributed by atoms with Crippen LogP contribution in [0.4, 0.5) is 9.59 Å². The molecule has 1 fully saturated rings. The molecule has 1 aliphatic rings. The maximum Gasteiger partial charge on any atom is 0.407 e. The van der Waals surface area contributed by atoms with Crippen molar-refractivity contribution in [3.05, 3.63) is 0 Å². The molecule has 0 aromatic carbocycles. The van der Waals surface area contributed by atoms with E-state index in [0.29, 0.717) is 50.0 Å². The number of aldehydes is 1. The van der Waals surface area contributed by atoms with Gasteiger partial charge in [0.15, 0.2) is 0 Å². The summed E-state index contributed by atoms with van der Waals surface area (Å²) in [5.74, 6) is 6.61. The Morgan fingerprint density at radius 1 is 1.19 bits per heavy atom. The third-order valence-electron chi connectivity index (χ3n) is 5.65. The van der Waals surface area contributed by atoms with Gasteiger partial charge in [-0.2, -0.15) is 0 Å². The van der Waals surface area contributed by atoms with E-state index in [1.54, 1.807) is 13.8 Å². The van der Waals surface area contributed by atoms with Gasteiger partial charge in [0, 0.05) is 13.0 Å². The van der Waals surface area contributed by atoms with E-state index in [2.05, 4.69) is 34.7 Å². The second-order valence-electron chi connectivity index (χ2n) is 8.30. The molecule has 0 bridgehead atoms. The van der Waals surface area contributed by atoms with E-state index in [-0.39, 0.29) is 5.92 Å². The summed E-state index contributed by atoms with van der Waals surface area (Å²) in [6.07, 6.45) is 2.65. The van der Waals surface area contributed by atoms with E-state index in [1.807, 2.05) is 6.92 Å². The molecule has 31 heavy (non-hydrogen) atoms. The highest BCUT2D eigenvalue weighted by molar-refractivity contribution is 5.87. The SMILES string of the molecule is CC#CCCC1C(C)C1COC(=O)NC(C(=O)NC(C=O)CCCNC(N)=O)C(C)C.